The standard InChI is InChI=1S/C23H35NO5/c1-20-7-8-22(26-9-10-27-22)14-18(20)19(24-25)13-15-16(20)3-5-21(2)17(15)4-6-23(21)28-11-12-29-23/h15-18,25H,3-14H2,1-2H3/b24-19+/t15-,16+,17+,18?,20-,21+/m1/s1. The van der Waals surface area contributed by atoms with E-state index in [0.717, 1.165) is 57.5 Å². The molecule has 0 radical (unpaired) electrons. The van der Waals surface area contributed by atoms with Crippen molar-refractivity contribution in [3.05, 3.63) is 0 Å². The first-order valence-corrected chi connectivity index (χ1v) is 11.7. The van der Waals surface area contributed by atoms with Gasteiger partial charge in [-0.25, -0.2) is 0 Å². The molecule has 4 saturated carbocycles. The van der Waals surface area contributed by atoms with E-state index >= 15 is 0 Å². The summed E-state index contributed by atoms with van der Waals surface area (Å²) in [6.45, 7) is 7.68. The van der Waals surface area contributed by atoms with Crippen molar-refractivity contribution in [2.45, 2.75) is 76.8 Å². The fraction of sp³-hybridized carbons (Fsp3) is 0.957. The lowest BCUT2D eigenvalue weighted by molar-refractivity contribution is -0.249. The highest BCUT2D eigenvalue weighted by Gasteiger charge is 2.68. The molecule has 0 aromatic heterocycles. The van der Waals surface area contributed by atoms with Crippen molar-refractivity contribution in [1.82, 2.24) is 0 Å². The van der Waals surface area contributed by atoms with E-state index in [9.17, 15) is 5.21 Å². The van der Waals surface area contributed by atoms with Crippen LogP contribution in [0, 0.1) is 34.5 Å². The molecular weight excluding hydrogens is 370 g/mol. The van der Waals surface area contributed by atoms with Crippen LogP contribution in [0.1, 0.15) is 65.2 Å². The topological polar surface area (TPSA) is 69.5 Å². The molecular formula is C23H35NO5. The number of nitrogens with zero attached hydrogens (tertiary/aromatic N) is 1. The van der Waals surface area contributed by atoms with Crippen molar-refractivity contribution in [1.29, 1.82) is 0 Å². The molecule has 6 nitrogen and oxygen atoms in total. The van der Waals surface area contributed by atoms with E-state index in [0.29, 0.717) is 31.0 Å². The molecule has 1 unspecified atom stereocenters. The van der Waals surface area contributed by atoms with Gasteiger partial charge in [0.2, 0.25) is 0 Å². The minimum absolute atomic E-state index is 0.0714. The second-order valence-corrected chi connectivity index (χ2v) is 11.0. The summed E-state index contributed by atoms with van der Waals surface area (Å²) in [5.74, 6) is 1.21. The highest BCUT2D eigenvalue weighted by atomic mass is 16.7. The summed E-state index contributed by atoms with van der Waals surface area (Å²) in [4.78, 5) is 0. The fourth-order valence-electron chi connectivity index (χ4n) is 8.75. The molecule has 6 aliphatic rings. The van der Waals surface area contributed by atoms with Crippen LogP contribution in [-0.4, -0.2) is 48.9 Å². The first kappa shape index (κ1) is 19.0. The third kappa shape index (κ3) is 2.35. The van der Waals surface area contributed by atoms with Gasteiger partial charge in [-0.2, -0.15) is 0 Å². The van der Waals surface area contributed by atoms with Crippen molar-refractivity contribution in [2.75, 3.05) is 26.4 Å². The Bertz CT molecular complexity index is 712. The van der Waals surface area contributed by atoms with Gasteiger partial charge in [0.15, 0.2) is 11.6 Å². The van der Waals surface area contributed by atoms with Gasteiger partial charge in [0.1, 0.15) is 0 Å². The maximum absolute atomic E-state index is 10.0. The molecule has 0 bridgehead atoms. The largest absolute Gasteiger partial charge is 0.411 e. The van der Waals surface area contributed by atoms with Crippen LogP contribution in [-0.2, 0) is 18.9 Å². The molecule has 4 aliphatic carbocycles. The van der Waals surface area contributed by atoms with Crippen molar-refractivity contribution in [3.8, 4) is 0 Å². The average Bonchev–Trinajstić information content (AvgIpc) is 3.44. The lowest BCUT2D eigenvalue weighted by atomic mass is 9.44. The summed E-state index contributed by atoms with van der Waals surface area (Å²) in [5, 5.41) is 13.9. The summed E-state index contributed by atoms with van der Waals surface area (Å²) in [6, 6.07) is 0. The monoisotopic (exact) mass is 405 g/mol. The van der Waals surface area contributed by atoms with Gasteiger partial charge in [-0.1, -0.05) is 19.0 Å². The smallest absolute Gasteiger partial charge is 0.174 e. The highest BCUT2D eigenvalue weighted by Crippen LogP contribution is 2.69. The van der Waals surface area contributed by atoms with E-state index in [1.807, 2.05) is 0 Å². The maximum atomic E-state index is 10.0. The predicted molar refractivity (Wildman–Crippen MR) is 106 cm³/mol. The van der Waals surface area contributed by atoms with Crippen LogP contribution in [0.5, 0.6) is 0 Å². The summed E-state index contributed by atoms with van der Waals surface area (Å²) in [6.07, 6.45) is 8.33. The predicted octanol–water partition coefficient (Wildman–Crippen LogP) is 3.96. The molecule has 162 valence electrons. The van der Waals surface area contributed by atoms with E-state index in [-0.39, 0.29) is 22.5 Å². The minimum atomic E-state index is -0.445. The van der Waals surface area contributed by atoms with Crippen LogP contribution in [0.25, 0.3) is 0 Å². The number of ether oxygens (including phenoxy) is 4. The second kappa shape index (κ2) is 6.18. The van der Waals surface area contributed by atoms with Crippen molar-refractivity contribution >= 4 is 5.71 Å². The Morgan fingerprint density at radius 2 is 1.55 bits per heavy atom. The van der Waals surface area contributed by atoms with Gasteiger partial charge in [-0.15, -0.1) is 0 Å². The van der Waals surface area contributed by atoms with Gasteiger partial charge in [0, 0.05) is 30.6 Å². The number of hydrogen-bond acceptors (Lipinski definition) is 6. The highest BCUT2D eigenvalue weighted by molar-refractivity contribution is 5.88. The Hall–Kier alpha value is -0.690. The summed E-state index contributed by atoms with van der Waals surface area (Å²) < 4.78 is 24.7. The van der Waals surface area contributed by atoms with Crippen molar-refractivity contribution in [3.63, 3.8) is 0 Å². The third-order valence-corrected chi connectivity index (χ3v) is 10.2. The summed E-state index contributed by atoms with van der Waals surface area (Å²) >= 11 is 0. The molecule has 6 rings (SSSR count). The Morgan fingerprint density at radius 1 is 0.862 bits per heavy atom. The van der Waals surface area contributed by atoms with Crippen LogP contribution in [0.15, 0.2) is 5.16 Å². The summed E-state index contributed by atoms with van der Waals surface area (Å²) in [5.41, 5.74) is 1.20. The molecule has 29 heavy (non-hydrogen) atoms. The third-order valence-electron chi connectivity index (χ3n) is 10.2. The zero-order chi connectivity index (χ0) is 19.9. The van der Waals surface area contributed by atoms with E-state index in [1.54, 1.807) is 0 Å². The molecule has 2 saturated heterocycles. The van der Waals surface area contributed by atoms with Crippen LogP contribution in [0.3, 0.4) is 0 Å². The number of oxime groups is 1. The molecule has 6 heteroatoms. The minimum Gasteiger partial charge on any atom is -0.411 e. The van der Waals surface area contributed by atoms with E-state index < -0.39 is 5.79 Å². The Balaban J connectivity index is 1.34. The van der Waals surface area contributed by atoms with Gasteiger partial charge in [-0.05, 0) is 55.3 Å². The molecule has 6 fully saturated rings. The van der Waals surface area contributed by atoms with Crippen LogP contribution in [0.2, 0.25) is 0 Å². The van der Waals surface area contributed by atoms with Gasteiger partial charge in [0.05, 0.1) is 32.1 Å². The normalized spacial score (nSPS) is 51.3. The van der Waals surface area contributed by atoms with E-state index in [2.05, 4.69) is 19.0 Å². The second-order valence-electron chi connectivity index (χ2n) is 11.0. The first-order chi connectivity index (χ1) is 14.0. The molecule has 2 heterocycles. The first-order valence-electron chi connectivity index (χ1n) is 11.7. The molecule has 2 aliphatic heterocycles. The van der Waals surface area contributed by atoms with Crippen LogP contribution in [0.4, 0.5) is 0 Å². The summed E-state index contributed by atoms with van der Waals surface area (Å²) in [7, 11) is 0. The number of fused-ring (bicyclic) bond motifs is 6. The molecule has 0 aromatic rings. The average molecular weight is 406 g/mol. The van der Waals surface area contributed by atoms with E-state index in [4.69, 9.17) is 18.9 Å². The van der Waals surface area contributed by atoms with Gasteiger partial charge in [0.25, 0.3) is 0 Å². The van der Waals surface area contributed by atoms with Crippen molar-refractivity contribution < 1.29 is 24.2 Å². The molecule has 2 spiro atoms. The number of rotatable bonds is 0. The Kier molecular flexibility index (Phi) is 4.06. The Morgan fingerprint density at radius 3 is 2.28 bits per heavy atom. The SMILES string of the molecule is C[C@]12CCC3(CC1/C(=N/O)C[C@@H]1[C@@H]2CC[C@@]2(C)[C@H]1CCC21OCCO1)OCCO3. The van der Waals surface area contributed by atoms with Crippen LogP contribution < -0.4 is 0 Å². The van der Waals surface area contributed by atoms with Gasteiger partial charge in [-0.3, -0.25) is 0 Å². The maximum Gasteiger partial charge on any atom is 0.174 e. The lowest BCUT2D eigenvalue weighted by Gasteiger charge is -2.62. The van der Waals surface area contributed by atoms with Gasteiger partial charge >= 0.3 is 0 Å². The lowest BCUT2D eigenvalue weighted by Crippen LogP contribution is -2.60. The zero-order valence-electron chi connectivity index (χ0n) is 17.8. The molecule has 0 amide bonds. The van der Waals surface area contributed by atoms with E-state index in [1.165, 1.54) is 12.8 Å². The molecule has 6 atom stereocenters. The molecule has 0 aromatic carbocycles. The van der Waals surface area contributed by atoms with Crippen LogP contribution >= 0.6 is 0 Å². The zero-order valence-corrected chi connectivity index (χ0v) is 17.8. The quantitative estimate of drug-likeness (QED) is 0.488. The number of hydrogen-bond donors (Lipinski definition) is 1. The fourth-order valence-corrected chi connectivity index (χ4v) is 8.75. The Labute approximate surface area is 173 Å². The van der Waals surface area contributed by atoms with Gasteiger partial charge < -0.3 is 24.2 Å². The molecule has 1 N–H and O–H groups in total. The van der Waals surface area contributed by atoms with Crippen molar-refractivity contribution in [2.24, 2.45) is 39.7 Å².